The Hall–Kier alpha value is -0.1000. The summed E-state index contributed by atoms with van der Waals surface area (Å²) in [5.74, 6) is -0.880. The van der Waals surface area contributed by atoms with Gasteiger partial charge in [-0.25, -0.2) is 4.79 Å². The molecule has 0 aliphatic heterocycles. The van der Waals surface area contributed by atoms with Gasteiger partial charge in [-0.3, -0.25) is 0 Å². The summed E-state index contributed by atoms with van der Waals surface area (Å²) in [5.41, 5.74) is 1.30. The zero-order valence-electron chi connectivity index (χ0n) is 6.27. The van der Waals surface area contributed by atoms with Gasteiger partial charge in [-0.15, -0.1) is 0 Å². The van der Waals surface area contributed by atoms with E-state index in [1.165, 1.54) is 0 Å². The molecule has 1 N–H and O–H groups in total. The van der Waals surface area contributed by atoms with E-state index in [4.69, 9.17) is 5.11 Å². The molecule has 0 fully saturated rings. The first-order valence-electron chi connectivity index (χ1n) is 3.21. The second kappa shape index (κ2) is 3.74. The van der Waals surface area contributed by atoms with E-state index >= 15 is 0 Å². The molecular formula is C8H6BrIO2. The molecule has 4 heteroatoms. The zero-order valence-corrected chi connectivity index (χ0v) is 10.0. The Kier molecular flexibility index (Phi) is 3.11. The van der Waals surface area contributed by atoms with Crippen molar-refractivity contribution in [2.24, 2.45) is 0 Å². The largest absolute Gasteiger partial charge is 0.478 e. The number of benzene rings is 1. The first-order chi connectivity index (χ1) is 5.52. The number of carboxylic acids is 1. The lowest BCUT2D eigenvalue weighted by Crippen LogP contribution is -2.00. The van der Waals surface area contributed by atoms with Gasteiger partial charge in [-0.2, -0.15) is 0 Å². The van der Waals surface area contributed by atoms with Crippen LogP contribution in [0.2, 0.25) is 0 Å². The molecule has 12 heavy (non-hydrogen) atoms. The topological polar surface area (TPSA) is 37.3 Å². The summed E-state index contributed by atoms with van der Waals surface area (Å²) in [6, 6.07) is 3.47. The summed E-state index contributed by atoms with van der Waals surface area (Å²) in [5, 5.41) is 8.76. The van der Waals surface area contributed by atoms with Gasteiger partial charge in [0.2, 0.25) is 0 Å². The molecule has 0 saturated carbocycles. The molecule has 0 amide bonds. The third-order valence-electron chi connectivity index (χ3n) is 1.48. The highest BCUT2D eigenvalue weighted by Crippen LogP contribution is 2.22. The molecule has 2 nitrogen and oxygen atoms in total. The third kappa shape index (κ3) is 1.98. The first-order valence-corrected chi connectivity index (χ1v) is 5.08. The van der Waals surface area contributed by atoms with Gasteiger partial charge in [0.1, 0.15) is 0 Å². The van der Waals surface area contributed by atoms with Crippen molar-refractivity contribution in [3.8, 4) is 0 Å². The summed E-state index contributed by atoms with van der Waals surface area (Å²) in [7, 11) is 0. The number of aryl methyl sites for hydroxylation is 1. The van der Waals surface area contributed by atoms with Crippen molar-refractivity contribution in [2.45, 2.75) is 6.92 Å². The Morgan fingerprint density at radius 2 is 2.17 bits per heavy atom. The predicted octanol–water partition coefficient (Wildman–Crippen LogP) is 3.06. The highest BCUT2D eigenvalue weighted by Gasteiger charge is 2.09. The summed E-state index contributed by atoms with van der Waals surface area (Å²) in [6.07, 6.45) is 0. The molecule has 1 aromatic rings. The van der Waals surface area contributed by atoms with Gasteiger partial charge in [0.15, 0.2) is 0 Å². The second-order valence-corrected chi connectivity index (χ2v) is 4.40. The van der Waals surface area contributed by atoms with Crippen LogP contribution in [0.3, 0.4) is 0 Å². The molecule has 0 aliphatic rings. The van der Waals surface area contributed by atoms with E-state index in [1.54, 1.807) is 12.1 Å². The van der Waals surface area contributed by atoms with E-state index in [2.05, 4.69) is 15.9 Å². The van der Waals surface area contributed by atoms with E-state index in [1.807, 2.05) is 29.5 Å². The lowest BCUT2D eigenvalue weighted by Gasteiger charge is -2.02. The maximum Gasteiger partial charge on any atom is 0.336 e. The van der Waals surface area contributed by atoms with Crippen LogP contribution in [-0.4, -0.2) is 11.1 Å². The summed E-state index contributed by atoms with van der Waals surface area (Å²) < 4.78 is 1.69. The highest BCUT2D eigenvalue weighted by molar-refractivity contribution is 14.1. The minimum absolute atomic E-state index is 0.358. The summed E-state index contributed by atoms with van der Waals surface area (Å²) in [6.45, 7) is 1.87. The van der Waals surface area contributed by atoms with E-state index in [9.17, 15) is 4.79 Å². The molecule has 1 aromatic carbocycles. The van der Waals surface area contributed by atoms with Crippen molar-refractivity contribution in [1.82, 2.24) is 0 Å². The second-order valence-electron chi connectivity index (χ2n) is 2.39. The van der Waals surface area contributed by atoms with E-state index in [0.29, 0.717) is 5.56 Å². The molecule has 0 heterocycles. The fourth-order valence-electron chi connectivity index (χ4n) is 0.821. The lowest BCUT2D eigenvalue weighted by atomic mass is 10.1. The average Bonchev–Trinajstić information content (AvgIpc) is 1.96. The minimum atomic E-state index is -0.880. The van der Waals surface area contributed by atoms with E-state index in [-0.39, 0.29) is 0 Å². The van der Waals surface area contributed by atoms with Gasteiger partial charge >= 0.3 is 5.97 Å². The first kappa shape index (κ1) is 9.98. The molecule has 0 aromatic heterocycles. The molecule has 64 valence electrons. The van der Waals surface area contributed by atoms with Gasteiger partial charge in [0.25, 0.3) is 0 Å². The summed E-state index contributed by atoms with van der Waals surface area (Å²) >= 11 is 5.34. The van der Waals surface area contributed by atoms with E-state index < -0.39 is 5.97 Å². The minimum Gasteiger partial charge on any atom is -0.478 e. The van der Waals surface area contributed by atoms with Crippen molar-refractivity contribution < 1.29 is 9.90 Å². The van der Waals surface area contributed by atoms with Crippen molar-refractivity contribution >= 4 is 44.5 Å². The van der Waals surface area contributed by atoms with Crippen LogP contribution in [0.25, 0.3) is 0 Å². The lowest BCUT2D eigenvalue weighted by molar-refractivity contribution is 0.0695. The Morgan fingerprint density at radius 3 is 2.67 bits per heavy atom. The van der Waals surface area contributed by atoms with E-state index in [0.717, 1.165) is 13.6 Å². The van der Waals surface area contributed by atoms with Crippen LogP contribution in [-0.2, 0) is 0 Å². The monoisotopic (exact) mass is 340 g/mol. The van der Waals surface area contributed by atoms with Crippen LogP contribution in [0.1, 0.15) is 15.9 Å². The molecule has 0 radical (unpaired) electrons. The Bertz CT molecular complexity index is 336. The molecule has 0 atom stereocenters. The van der Waals surface area contributed by atoms with Crippen LogP contribution in [0, 0.1) is 10.5 Å². The van der Waals surface area contributed by atoms with Crippen molar-refractivity contribution in [3.05, 3.63) is 31.3 Å². The molecule has 1 rings (SSSR count). The molecule has 0 saturated heterocycles. The third-order valence-corrected chi connectivity index (χ3v) is 3.23. The Balaban J connectivity index is 3.33. The van der Waals surface area contributed by atoms with Gasteiger partial charge in [0.05, 0.1) is 5.56 Å². The van der Waals surface area contributed by atoms with Gasteiger partial charge < -0.3 is 5.11 Å². The molecule has 0 spiro atoms. The van der Waals surface area contributed by atoms with Gasteiger partial charge in [-0.05, 0) is 47.2 Å². The number of halogens is 2. The van der Waals surface area contributed by atoms with Crippen molar-refractivity contribution in [3.63, 3.8) is 0 Å². The Morgan fingerprint density at radius 1 is 1.58 bits per heavy atom. The Labute approximate surface area is 92.2 Å². The van der Waals surface area contributed by atoms with Crippen LogP contribution in [0.4, 0.5) is 0 Å². The van der Waals surface area contributed by atoms with Crippen LogP contribution < -0.4 is 0 Å². The average molecular weight is 341 g/mol. The van der Waals surface area contributed by atoms with Gasteiger partial charge in [-0.1, -0.05) is 15.9 Å². The zero-order chi connectivity index (χ0) is 9.30. The van der Waals surface area contributed by atoms with Gasteiger partial charge in [0, 0.05) is 8.04 Å². The van der Waals surface area contributed by atoms with Crippen LogP contribution in [0.5, 0.6) is 0 Å². The van der Waals surface area contributed by atoms with Crippen molar-refractivity contribution in [2.75, 3.05) is 0 Å². The van der Waals surface area contributed by atoms with Crippen LogP contribution in [0.15, 0.2) is 16.6 Å². The van der Waals surface area contributed by atoms with Crippen LogP contribution >= 0.6 is 38.5 Å². The number of carboxylic acid groups (broad SMARTS) is 1. The number of carbonyl (C=O) groups is 1. The normalized spacial score (nSPS) is 9.92. The number of hydrogen-bond donors (Lipinski definition) is 1. The molecular weight excluding hydrogens is 335 g/mol. The molecule has 0 aliphatic carbocycles. The smallest absolute Gasteiger partial charge is 0.336 e. The van der Waals surface area contributed by atoms with Crippen molar-refractivity contribution in [1.29, 1.82) is 0 Å². The number of aromatic carboxylic acids is 1. The maximum absolute atomic E-state index is 10.7. The highest BCUT2D eigenvalue weighted by atomic mass is 127. The predicted molar refractivity (Wildman–Crippen MR) is 58.6 cm³/mol. The maximum atomic E-state index is 10.7. The summed E-state index contributed by atoms with van der Waals surface area (Å²) in [4.78, 5) is 10.7. The quantitative estimate of drug-likeness (QED) is 0.798. The molecule has 0 bridgehead atoms. The fourth-order valence-corrected chi connectivity index (χ4v) is 2.29. The molecule has 0 unspecified atom stereocenters. The SMILES string of the molecule is Cc1cc(C(=O)O)c(I)cc1Br. The standard InChI is InChI=1S/C8H6BrIO2/c1-4-2-5(8(11)12)7(10)3-6(4)9/h2-3H,1H3,(H,11,12). The number of rotatable bonds is 1. The fraction of sp³-hybridized carbons (Fsp3) is 0.125. The number of hydrogen-bond acceptors (Lipinski definition) is 1.